The fraction of sp³-hybridized carbons (Fsp3) is 0. The monoisotopic (exact) mass is 453 g/mol. The molecule has 0 atom stereocenters. The van der Waals surface area contributed by atoms with Gasteiger partial charge in [0.15, 0.2) is 0 Å². The predicted octanol–water partition coefficient (Wildman–Crippen LogP) is 6.13. The molecule has 0 spiro atoms. The molecule has 0 amide bonds. The van der Waals surface area contributed by atoms with E-state index in [2.05, 4.69) is 31.9 Å². The van der Waals surface area contributed by atoms with Crippen LogP contribution in [0.25, 0.3) is 28.2 Å². The molecule has 122 valence electrons. The lowest BCUT2D eigenvalue weighted by molar-refractivity contribution is 0.755. The summed E-state index contributed by atoms with van der Waals surface area (Å²) in [7, 11) is 0. The molecule has 0 saturated carbocycles. The maximum absolute atomic E-state index is 4.78. The summed E-state index contributed by atoms with van der Waals surface area (Å²) in [6.07, 6.45) is 0. The van der Waals surface area contributed by atoms with E-state index in [1.54, 1.807) is 4.80 Å². The average Bonchev–Trinajstić information content (AvgIpc) is 3.08. The van der Waals surface area contributed by atoms with Crippen LogP contribution in [0, 0.1) is 0 Å². The quantitative estimate of drug-likeness (QED) is 0.373. The van der Waals surface area contributed by atoms with Gasteiger partial charge in [0.05, 0.1) is 5.69 Å². The Hall–Kier alpha value is -2.24. The van der Waals surface area contributed by atoms with Crippen molar-refractivity contribution in [1.82, 2.24) is 15.0 Å². The first kappa shape index (κ1) is 16.2. The molecule has 0 aliphatic rings. The molecule has 0 unspecified atom stereocenters. The first-order valence-corrected chi connectivity index (χ1v) is 9.35. The molecule has 0 N–H and O–H groups in total. The molecule has 3 aromatic carbocycles. The highest BCUT2D eigenvalue weighted by molar-refractivity contribution is 9.11. The second kappa shape index (κ2) is 6.94. The van der Waals surface area contributed by atoms with Gasteiger partial charge in [-0.1, -0.05) is 86.5 Å². The molecule has 0 radical (unpaired) electrons. The molecule has 0 aliphatic carbocycles. The smallest absolute Gasteiger partial charge is 0.122 e. The van der Waals surface area contributed by atoms with E-state index in [9.17, 15) is 0 Å². The summed E-state index contributed by atoms with van der Waals surface area (Å²) >= 11 is 7.27. The van der Waals surface area contributed by atoms with Crippen molar-refractivity contribution >= 4 is 31.9 Å². The van der Waals surface area contributed by atoms with Gasteiger partial charge in [0.2, 0.25) is 0 Å². The molecule has 4 aromatic rings. The van der Waals surface area contributed by atoms with E-state index < -0.39 is 0 Å². The van der Waals surface area contributed by atoms with E-state index in [1.165, 1.54) is 0 Å². The van der Waals surface area contributed by atoms with Gasteiger partial charge in [0, 0.05) is 20.1 Å². The second-order valence-electron chi connectivity index (χ2n) is 5.48. The molecule has 5 heteroatoms. The van der Waals surface area contributed by atoms with Gasteiger partial charge in [-0.05, 0) is 24.3 Å². The van der Waals surface area contributed by atoms with Crippen molar-refractivity contribution in [1.29, 1.82) is 0 Å². The molecule has 0 saturated heterocycles. The van der Waals surface area contributed by atoms with Crippen LogP contribution in [0.15, 0.2) is 87.8 Å². The van der Waals surface area contributed by atoms with Gasteiger partial charge in [-0.25, -0.2) is 0 Å². The van der Waals surface area contributed by atoms with Crippen LogP contribution in [0.1, 0.15) is 0 Å². The minimum atomic E-state index is 0.836. The Morgan fingerprint density at radius 3 is 1.48 bits per heavy atom. The number of hydrogen-bond acceptors (Lipinski definition) is 2. The molecule has 3 nitrogen and oxygen atoms in total. The minimum absolute atomic E-state index is 0.836. The van der Waals surface area contributed by atoms with E-state index in [0.717, 1.165) is 37.1 Å². The summed E-state index contributed by atoms with van der Waals surface area (Å²) in [5, 5.41) is 9.57. The number of rotatable bonds is 3. The Kier molecular flexibility index (Phi) is 4.51. The summed E-state index contributed by atoms with van der Waals surface area (Å²) in [4.78, 5) is 1.68. The maximum atomic E-state index is 4.78. The van der Waals surface area contributed by atoms with Gasteiger partial charge in [0.25, 0.3) is 0 Å². The maximum Gasteiger partial charge on any atom is 0.122 e. The first-order chi connectivity index (χ1) is 12.2. The Bertz CT molecular complexity index is 963. The van der Waals surface area contributed by atoms with Crippen LogP contribution in [-0.2, 0) is 0 Å². The van der Waals surface area contributed by atoms with Crippen molar-refractivity contribution in [3.63, 3.8) is 0 Å². The predicted molar refractivity (Wildman–Crippen MR) is 108 cm³/mol. The molecule has 0 bridgehead atoms. The number of benzene rings is 3. The van der Waals surface area contributed by atoms with Crippen LogP contribution in [-0.4, -0.2) is 15.0 Å². The van der Waals surface area contributed by atoms with E-state index in [4.69, 9.17) is 10.2 Å². The van der Waals surface area contributed by atoms with Crippen molar-refractivity contribution in [2.24, 2.45) is 0 Å². The highest BCUT2D eigenvalue weighted by atomic mass is 79.9. The lowest BCUT2D eigenvalue weighted by Gasteiger charge is -2.05. The van der Waals surface area contributed by atoms with Crippen molar-refractivity contribution in [2.75, 3.05) is 0 Å². The molecule has 1 aromatic heterocycles. The van der Waals surface area contributed by atoms with Crippen molar-refractivity contribution in [3.8, 4) is 28.2 Å². The Morgan fingerprint density at radius 2 is 1.00 bits per heavy atom. The zero-order valence-corrected chi connectivity index (χ0v) is 16.3. The molecular weight excluding hydrogens is 442 g/mol. The van der Waals surface area contributed by atoms with Crippen molar-refractivity contribution in [2.45, 2.75) is 0 Å². The van der Waals surface area contributed by atoms with Crippen LogP contribution < -0.4 is 0 Å². The van der Waals surface area contributed by atoms with Gasteiger partial charge in [-0.3, -0.25) is 0 Å². The molecule has 0 aliphatic heterocycles. The van der Waals surface area contributed by atoms with Gasteiger partial charge in [-0.15, -0.1) is 10.2 Å². The zero-order chi connectivity index (χ0) is 17.2. The average molecular weight is 455 g/mol. The third-order valence-electron chi connectivity index (χ3n) is 3.86. The number of aromatic nitrogens is 3. The van der Waals surface area contributed by atoms with Crippen LogP contribution in [0.3, 0.4) is 0 Å². The summed E-state index contributed by atoms with van der Waals surface area (Å²) in [6, 6.07) is 26.0. The molecular formula is C20H13Br2N3. The lowest BCUT2D eigenvalue weighted by atomic mass is 10.1. The van der Waals surface area contributed by atoms with Gasteiger partial charge >= 0.3 is 0 Å². The van der Waals surface area contributed by atoms with Crippen molar-refractivity contribution in [3.05, 3.63) is 87.8 Å². The summed E-state index contributed by atoms with van der Waals surface area (Å²) in [5.74, 6) is 0. The summed E-state index contributed by atoms with van der Waals surface area (Å²) < 4.78 is 1.98. The number of para-hydroxylation sites is 1. The third kappa shape index (κ3) is 3.17. The van der Waals surface area contributed by atoms with Crippen LogP contribution >= 0.6 is 31.9 Å². The topological polar surface area (TPSA) is 30.7 Å². The molecule has 4 rings (SSSR count). The number of halogens is 2. The fourth-order valence-electron chi connectivity index (χ4n) is 2.65. The van der Waals surface area contributed by atoms with E-state index in [0.29, 0.717) is 0 Å². The number of nitrogens with zero attached hydrogens (tertiary/aromatic N) is 3. The van der Waals surface area contributed by atoms with Crippen molar-refractivity contribution < 1.29 is 0 Å². The Morgan fingerprint density at radius 1 is 0.560 bits per heavy atom. The van der Waals surface area contributed by atoms with Crippen LogP contribution in [0.4, 0.5) is 0 Å². The van der Waals surface area contributed by atoms with E-state index in [1.807, 2.05) is 78.9 Å². The molecule has 25 heavy (non-hydrogen) atoms. The largest absolute Gasteiger partial charge is 0.150 e. The third-order valence-corrected chi connectivity index (χ3v) is 5.24. The van der Waals surface area contributed by atoms with Gasteiger partial charge < -0.3 is 0 Å². The fourth-order valence-corrected chi connectivity index (χ4v) is 3.60. The Balaban J connectivity index is 1.97. The van der Waals surface area contributed by atoms with Gasteiger partial charge in [0.1, 0.15) is 11.4 Å². The Labute approximate surface area is 162 Å². The van der Waals surface area contributed by atoms with Crippen LogP contribution in [0.5, 0.6) is 0 Å². The van der Waals surface area contributed by atoms with E-state index in [-0.39, 0.29) is 0 Å². The highest BCUT2D eigenvalue weighted by Crippen LogP contribution is 2.36. The normalized spacial score (nSPS) is 10.8. The van der Waals surface area contributed by atoms with E-state index >= 15 is 0 Å². The summed E-state index contributed by atoms with van der Waals surface area (Å²) in [6.45, 7) is 0. The molecule has 0 fully saturated rings. The summed E-state index contributed by atoms with van der Waals surface area (Å²) in [5.41, 5.74) is 4.62. The lowest BCUT2D eigenvalue weighted by Crippen LogP contribution is -1.98. The van der Waals surface area contributed by atoms with Crippen LogP contribution in [0.2, 0.25) is 0 Å². The van der Waals surface area contributed by atoms with Gasteiger partial charge in [-0.2, -0.15) is 4.80 Å². The SMILES string of the molecule is Brc1ccccc1-c1nn(-c2ccccc2)nc1-c1ccccc1Br. The zero-order valence-electron chi connectivity index (χ0n) is 13.1. The standard InChI is InChI=1S/C20H13Br2N3/c21-17-12-6-4-10-15(17)19-20(16-11-5-7-13-18(16)22)24-25(23-19)14-8-2-1-3-9-14/h1-13H. The minimum Gasteiger partial charge on any atom is -0.150 e. The second-order valence-corrected chi connectivity index (χ2v) is 7.19. The molecule has 1 heterocycles. The highest BCUT2D eigenvalue weighted by Gasteiger charge is 2.19. The first-order valence-electron chi connectivity index (χ1n) is 7.76. The number of hydrogen-bond donors (Lipinski definition) is 0.